The number of anilines is 1. The van der Waals surface area contributed by atoms with E-state index in [0.717, 1.165) is 19.3 Å². The number of carbonyl (C=O) groups is 1. The molecule has 0 spiro atoms. The van der Waals surface area contributed by atoms with Crippen molar-refractivity contribution in [3.63, 3.8) is 0 Å². The molecule has 0 radical (unpaired) electrons. The highest BCUT2D eigenvalue weighted by Gasteiger charge is 2.22. The van der Waals surface area contributed by atoms with Crippen LogP contribution in [-0.2, 0) is 10.0 Å². The minimum Gasteiger partial charge on any atom is -0.352 e. The second-order valence-electron chi connectivity index (χ2n) is 5.31. The first kappa shape index (κ1) is 17.9. The van der Waals surface area contributed by atoms with Crippen LogP contribution in [0.15, 0.2) is 53.7 Å². The third kappa shape index (κ3) is 4.79. The number of amides is 1. The Balaban J connectivity index is 2.19. The van der Waals surface area contributed by atoms with E-state index in [0.29, 0.717) is 12.2 Å². The summed E-state index contributed by atoms with van der Waals surface area (Å²) in [5.41, 5.74) is 0.473. The molecule has 0 saturated heterocycles. The molecule has 0 saturated carbocycles. The van der Waals surface area contributed by atoms with E-state index in [2.05, 4.69) is 21.9 Å². The van der Waals surface area contributed by atoms with Crippen LogP contribution in [0.25, 0.3) is 0 Å². The van der Waals surface area contributed by atoms with Gasteiger partial charge in [-0.05, 0) is 30.7 Å². The molecule has 0 bridgehead atoms. The molecule has 0 aliphatic rings. The lowest BCUT2D eigenvalue weighted by Gasteiger charge is -2.12. The third-order valence-corrected chi connectivity index (χ3v) is 4.84. The summed E-state index contributed by atoms with van der Waals surface area (Å²) in [6.45, 7) is 2.60. The van der Waals surface area contributed by atoms with Crippen molar-refractivity contribution in [2.75, 3.05) is 11.3 Å². The van der Waals surface area contributed by atoms with E-state index >= 15 is 0 Å². The Morgan fingerprint density at radius 2 is 1.92 bits per heavy atom. The van der Waals surface area contributed by atoms with Gasteiger partial charge in [0.05, 0.1) is 17.4 Å². The number of unbranched alkanes of at least 4 members (excludes halogenated alkanes) is 2. The van der Waals surface area contributed by atoms with Gasteiger partial charge in [0.25, 0.3) is 15.9 Å². The lowest BCUT2D eigenvalue weighted by atomic mass is 10.2. The average molecular weight is 347 g/mol. The number of pyridine rings is 1. The molecule has 7 heteroatoms. The number of nitrogens with zero attached hydrogens (tertiary/aromatic N) is 1. The van der Waals surface area contributed by atoms with Crippen LogP contribution in [0.3, 0.4) is 0 Å². The van der Waals surface area contributed by atoms with Crippen molar-refractivity contribution in [3.05, 3.63) is 54.4 Å². The summed E-state index contributed by atoms with van der Waals surface area (Å²) in [6.07, 6.45) is 5.89. The largest absolute Gasteiger partial charge is 0.352 e. The van der Waals surface area contributed by atoms with E-state index < -0.39 is 15.9 Å². The highest BCUT2D eigenvalue weighted by atomic mass is 32.2. The van der Waals surface area contributed by atoms with Gasteiger partial charge in [0.1, 0.15) is 4.90 Å². The van der Waals surface area contributed by atoms with Crippen LogP contribution < -0.4 is 10.0 Å². The summed E-state index contributed by atoms with van der Waals surface area (Å²) in [4.78, 5) is 16.1. The zero-order valence-corrected chi connectivity index (χ0v) is 14.3. The maximum Gasteiger partial charge on any atom is 0.262 e. The zero-order chi connectivity index (χ0) is 17.4. The van der Waals surface area contributed by atoms with Gasteiger partial charge in [-0.2, -0.15) is 0 Å². The molecule has 0 unspecified atom stereocenters. The van der Waals surface area contributed by atoms with Crippen LogP contribution in [0.2, 0.25) is 0 Å². The molecular weight excluding hydrogens is 326 g/mol. The molecule has 2 rings (SSSR count). The first-order valence-corrected chi connectivity index (χ1v) is 9.33. The number of rotatable bonds is 8. The molecule has 24 heavy (non-hydrogen) atoms. The standard InChI is InChI=1S/C17H21N3O3S/c1-2-3-6-12-19-17(21)15-9-4-5-10-16(15)24(22,23)20-14-8-7-11-18-13-14/h4-5,7-11,13,20H,2-3,6,12H2,1H3,(H,19,21). The molecule has 2 aromatic rings. The molecule has 1 amide bonds. The van der Waals surface area contributed by atoms with E-state index in [9.17, 15) is 13.2 Å². The summed E-state index contributed by atoms with van der Waals surface area (Å²) in [5.74, 6) is -0.390. The molecule has 0 aliphatic heterocycles. The quantitative estimate of drug-likeness (QED) is 0.719. The maximum absolute atomic E-state index is 12.6. The van der Waals surface area contributed by atoms with Crippen molar-refractivity contribution in [2.45, 2.75) is 31.1 Å². The molecule has 1 heterocycles. The summed E-state index contributed by atoms with van der Waals surface area (Å²) < 4.78 is 27.6. The van der Waals surface area contributed by atoms with Crippen LogP contribution in [-0.4, -0.2) is 25.9 Å². The van der Waals surface area contributed by atoms with Crippen LogP contribution in [0.5, 0.6) is 0 Å². The van der Waals surface area contributed by atoms with Crippen molar-refractivity contribution in [1.29, 1.82) is 0 Å². The number of nitrogens with one attached hydrogen (secondary N) is 2. The molecule has 1 aromatic heterocycles. The Kier molecular flexibility index (Phi) is 6.31. The zero-order valence-electron chi connectivity index (χ0n) is 13.5. The second kappa shape index (κ2) is 8.44. The van der Waals surface area contributed by atoms with Crippen molar-refractivity contribution in [1.82, 2.24) is 10.3 Å². The molecule has 128 valence electrons. The molecule has 6 nitrogen and oxygen atoms in total. The van der Waals surface area contributed by atoms with Crippen molar-refractivity contribution in [2.24, 2.45) is 0 Å². The highest BCUT2D eigenvalue weighted by molar-refractivity contribution is 7.92. The number of hydrogen-bond acceptors (Lipinski definition) is 4. The Morgan fingerprint density at radius 3 is 2.62 bits per heavy atom. The Hall–Kier alpha value is -2.41. The lowest BCUT2D eigenvalue weighted by Crippen LogP contribution is -2.27. The Labute approximate surface area is 142 Å². The summed E-state index contributed by atoms with van der Waals surface area (Å²) in [5, 5.41) is 2.77. The van der Waals surface area contributed by atoms with Crippen LogP contribution in [0.1, 0.15) is 36.5 Å². The molecule has 2 N–H and O–H groups in total. The van der Waals surface area contributed by atoms with E-state index in [-0.39, 0.29) is 10.5 Å². The topological polar surface area (TPSA) is 88.2 Å². The van der Waals surface area contributed by atoms with Gasteiger partial charge in [-0.15, -0.1) is 0 Å². The van der Waals surface area contributed by atoms with E-state index in [1.54, 1.807) is 30.5 Å². The van der Waals surface area contributed by atoms with Crippen LogP contribution >= 0.6 is 0 Å². The summed E-state index contributed by atoms with van der Waals surface area (Å²) in [6, 6.07) is 9.38. The van der Waals surface area contributed by atoms with Gasteiger partial charge in [-0.1, -0.05) is 31.9 Å². The fourth-order valence-corrected chi connectivity index (χ4v) is 3.44. The second-order valence-corrected chi connectivity index (χ2v) is 6.96. The van der Waals surface area contributed by atoms with Gasteiger partial charge in [0.15, 0.2) is 0 Å². The van der Waals surface area contributed by atoms with E-state index in [1.165, 1.54) is 18.3 Å². The van der Waals surface area contributed by atoms with E-state index in [1.807, 2.05) is 0 Å². The first-order chi connectivity index (χ1) is 11.5. The predicted molar refractivity (Wildman–Crippen MR) is 93.3 cm³/mol. The minimum atomic E-state index is -3.88. The van der Waals surface area contributed by atoms with Crippen molar-refractivity contribution in [3.8, 4) is 0 Å². The molecule has 0 aliphatic carbocycles. The van der Waals surface area contributed by atoms with Crippen molar-refractivity contribution < 1.29 is 13.2 Å². The van der Waals surface area contributed by atoms with Gasteiger partial charge in [0, 0.05) is 12.7 Å². The molecular formula is C17H21N3O3S. The normalized spacial score (nSPS) is 11.0. The summed E-state index contributed by atoms with van der Waals surface area (Å²) in [7, 11) is -3.88. The number of aromatic nitrogens is 1. The van der Waals surface area contributed by atoms with Gasteiger partial charge < -0.3 is 5.32 Å². The predicted octanol–water partition coefficient (Wildman–Crippen LogP) is 2.80. The van der Waals surface area contributed by atoms with Crippen LogP contribution in [0.4, 0.5) is 5.69 Å². The highest BCUT2D eigenvalue weighted by Crippen LogP contribution is 2.19. The van der Waals surface area contributed by atoms with Crippen molar-refractivity contribution >= 4 is 21.6 Å². The lowest BCUT2D eigenvalue weighted by molar-refractivity contribution is 0.0949. The van der Waals surface area contributed by atoms with Crippen LogP contribution in [0, 0.1) is 0 Å². The maximum atomic E-state index is 12.6. The molecule has 0 atom stereocenters. The van der Waals surface area contributed by atoms with Gasteiger partial charge in [-0.25, -0.2) is 8.42 Å². The van der Waals surface area contributed by atoms with Gasteiger partial charge in [0.2, 0.25) is 0 Å². The van der Waals surface area contributed by atoms with E-state index in [4.69, 9.17) is 0 Å². The third-order valence-electron chi connectivity index (χ3n) is 3.40. The average Bonchev–Trinajstić information content (AvgIpc) is 2.59. The minimum absolute atomic E-state index is 0.0538. The fraction of sp³-hybridized carbons (Fsp3) is 0.294. The Bertz CT molecular complexity index is 777. The summed E-state index contributed by atoms with van der Waals surface area (Å²) >= 11 is 0. The molecule has 0 fully saturated rings. The van der Waals surface area contributed by atoms with Gasteiger partial charge >= 0.3 is 0 Å². The van der Waals surface area contributed by atoms with Gasteiger partial charge in [-0.3, -0.25) is 14.5 Å². The SMILES string of the molecule is CCCCCNC(=O)c1ccccc1S(=O)(=O)Nc1cccnc1. The number of hydrogen-bond donors (Lipinski definition) is 2. The Morgan fingerprint density at radius 1 is 1.12 bits per heavy atom. The smallest absolute Gasteiger partial charge is 0.262 e. The monoisotopic (exact) mass is 347 g/mol. The molecule has 1 aromatic carbocycles. The number of carbonyl (C=O) groups excluding carboxylic acids is 1. The number of sulfonamides is 1. The first-order valence-electron chi connectivity index (χ1n) is 7.84. The fourth-order valence-electron chi connectivity index (χ4n) is 2.19. The number of benzene rings is 1.